The summed E-state index contributed by atoms with van der Waals surface area (Å²) in [6.45, 7) is 4.73. The molecule has 1 atom stereocenters. The maximum absolute atomic E-state index is 13.4. The standard InChI is InChI=1S/C12H13FN4.H2/c1-7-6-14-10-4-3-9(13)5-11(10)17-8(2)15-16-12(7)17;/h3-5,7,14H,6H2,1-2H3;1H. The fourth-order valence-electron chi connectivity index (χ4n) is 2.19. The van der Waals surface area contributed by atoms with E-state index in [0.717, 1.165) is 29.6 Å². The van der Waals surface area contributed by atoms with Gasteiger partial charge in [0, 0.05) is 20.0 Å². The van der Waals surface area contributed by atoms with Gasteiger partial charge >= 0.3 is 0 Å². The summed E-state index contributed by atoms with van der Waals surface area (Å²) >= 11 is 0. The zero-order valence-corrected chi connectivity index (χ0v) is 9.74. The van der Waals surface area contributed by atoms with E-state index in [4.69, 9.17) is 0 Å². The molecular formula is C12H15FN4. The van der Waals surface area contributed by atoms with Crippen LogP contribution in [0.25, 0.3) is 5.69 Å². The van der Waals surface area contributed by atoms with Gasteiger partial charge in [0.15, 0.2) is 0 Å². The minimum absolute atomic E-state index is 0. The Kier molecular flexibility index (Phi) is 2.14. The number of nitrogens with one attached hydrogen (secondary N) is 1. The van der Waals surface area contributed by atoms with Crippen LogP contribution in [0.2, 0.25) is 0 Å². The number of hydrogen-bond donors (Lipinski definition) is 1. The Hall–Kier alpha value is -1.91. The third-order valence-electron chi connectivity index (χ3n) is 3.09. The second-order valence-electron chi connectivity index (χ2n) is 4.38. The topological polar surface area (TPSA) is 42.7 Å². The summed E-state index contributed by atoms with van der Waals surface area (Å²) in [5.74, 6) is 1.65. The molecule has 1 aromatic carbocycles. The molecule has 0 aliphatic carbocycles. The van der Waals surface area contributed by atoms with Gasteiger partial charge in [0.05, 0.1) is 11.4 Å². The van der Waals surface area contributed by atoms with Crippen molar-refractivity contribution in [2.75, 3.05) is 11.9 Å². The van der Waals surface area contributed by atoms with Crippen LogP contribution < -0.4 is 5.32 Å². The number of aryl methyl sites for hydroxylation is 1. The van der Waals surface area contributed by atoms with Crippen molar-refractivity contribution in [3.05, 3.63) is 35.7 Å². The molecule has 2 heterocycles. The van der Waals surface area contributed by atoms with E-state index in [-0.39, 0.29) is 13.2 Å². The van der Waals surface area contributed by atoms with E-state index < -0.39 is 0 Å². The van der Waals surface area contributed by atoms with Gasteiger partial charge in [-0.25, -0.2) is 4.39 Å². The molecular weight excluding hydrogens is 219 g/mol. The Morgan fingerprint density at radius 1 is 1.47 bits per heavy atom. The Morgan fingerprint density at radius 2 is 2.29 bits per heavy atom. The van der Waals surface area contributed by atoms with E-state index in [9.17, 15) is 4.39 Å². The lowest BCUT2D eigenvalue weighted by atomic mass is 10.2. The minimum Gasteiger partial charge on any atom is -0.383 e. The van der Waals surface area contributed by atoms with Gasteiger partial charge < -0.3 is 5.32 Å². The smallest absolute Gasteiger partial charge is 0.142 e. The number of anilines is 1. The van der Waals surface area contributed by atoms with Crippen molar-refractivity contribution in [2.24, 2.45) is 0 Å². The summed E-state index contributed by atoms with van der Waals surface area (Å²) < 4.78 is 15.3. The average Bonchev–Trinajstić information content (AvgIpc) is 2.62. The quantitative estimate of drug-likeness (QED) is 0.761. The van der Waals surface area contributed by atoms with Crippen LogP contribution in [-0.2, 0) is 0 Å². The van der Waals surface area contributed by atoms with E-state index in [1.165, 1.54) is 12.1 Å². The molecule has 1 aromatic heterocycles. The highest BCUT2D eigenvalue weighted by Gasteiger charge is 2.22. The monoisotopic (exact) mass is 234 g/mol. The second-order valence-corrected chi connectivity index (χ2v) is 4.38. The van der Waals surface area contributed by atoms with E-state index in [0.29, 0.717) is 0 Å². The first kappa shape index (κ1) is 10.3. The third kappa shape index (κ3) is 1.50. The molecule has 1 unspecified atom stereocenters. The molecule has 17 heavy (non-hydrogen) atoms. The highest BCUT2D eigenvalue weighted by Crippen LogP contribution is 2.30. The third-order valence-corrected chi connectivity index (χ3v) is 3.09. The maximum Gasteiger partial charge on any atom is 0.142 e. The summed E-state index contributed by atoms with van der Waals surface area (Å²) in [7, 11) is 0. The van der Waals surface area contributed by atoms with Crippen molar-refractivity contribution in [2.45, 2.75) is 19.8 Å². The highest BCUT2D eigenvalue weighted by molar-refractivity contribution is 5.63. The van der Waals surface area contributed by atoms with Gasteiger partial charge in [-0.15, -0.1) is 10.2 Å². The first-order chi connectivity index (χ1) is 8.16. The molecule has 1 aliphatic heterocycles. The van der Waals surface area contributed by atoms with Crippen molar-refractivity contribution in [3.63, 3.8) is 0 Å². The van der Waals surface area contributed by atoms with Crippen LogP contribution >= 0.6 is 0 Å². The Bertz CT molecular complexity index is 581. The first-order valence-corrected chi connectivity index (χ1v) is 5.62. The fourth-order valence-corrected chi connectivity index (χ4v) is 2.19. The zero-order chi connectivity index (χ0) is 12.0. The Labute approximate surface area is 100.0 Å². The lowest BCUT2D eigenvalue weighted by Gasteiger charge is -2.10. The normalized spacial score (nSPS) is 17.9. The van der Waals surface area contributed by atoms with Crippen LogP contribution in [0.4, 0.5) is 10.1 Å². The van der Waals surface area contributed by atoms with E-state index in [1.54, 1.807) is 6.07 Å². The van der Waals surface area contributed by atoms with Gasteiger partial charge in [-0.2, -0.15) is 0 Å². The molecule has 0 amide bonds. The molecule has 0 radical (unpaired) electrons. The van der Waals surface area contributed by atoms with Gasteiger partial charge in [-0.1, -0.05) is 6.92 Å². The lowest BCUT2D eigenvalue weighted by Crippen LogP contribution is -2.09. The van der Waals surface area contributed by atoms with E-state index >= 15 is 0 Å². The van der Waals surface area contributed by atoms with Gasteiger partial charge in [-0.05, 0) is 19.1 Å². The van der Waals surface area contributed by atoms with Crippen molar-refractivity contribution in [1.29, 1.82) is 0 Å². The molecule has 0 saturated heterocycles. The van der Waals surface area contributed by atoms with E-state index in [1.807, 2.05) is 11.5 Å². The number of rotatable bonds is 0. The fraction of sp³-hybridized carbons (Fsp3) is 0.333. The van der Waals surface area contributed by atoms with Crippen LogP contribution in [0.5, 0.6) is 0 Å². The molecule has 0 spiro atoms. The molecule has 2 aromatic rings. The minimum atomic E-state index is -0.251. The van der Waals surface area contributed by atoms with Gasteiger partial charge in [-0.3, -0.25) is 4.57 Å². The van der Waals surface area contributed by atoms with Crippen molar-refractivity contribution in [1.82, 2.24) is 14.8 Å². The SMILES string of the molecule is Cc1nnc2n1-c1cc(F)ccc1NCC2C.[HH]. The number of hydrogen-bond acceptors (Lipinski definition) is 3. The number of halogens is 1. The molecule has 0 fully saturated rings. The predicted octanol–water partition coefficient (Wildman–Crippen LogP) is 2.49. The summed E-state index contributed by atoms with van der Waals surface area (Å²) in [6.07, 6.45) is 0. The summed E-state index contributed by atoms with van der Waals surface area (Å²) in [6, 6.07) is 4.73. The van der Waals surface area contributed by atoms with Crippen LogP contribution in [0.15, 0.2) is 18.2 Å². The van der Waals surface area contributed by atoms with Crippen molar-refractivity contribution >= 4 is 5.69 Å². The predicted molar refractivity (Wildman–Crippen MR) is 65.1 cm³/mol. The first-order valence-electron chi connectivity index (χ1n) is 5.62. The molecule has 0 bridgehead atoms. The second kappa shape index (κ2) is 3.55. The van der Waals surface area contributed by atoms with Gasteiger partial charge in [0.2, 0.25) is 0 Å². The van der Waals surface area contributed by atoms with Crippen LogP contribution in [0.3, 0.4) is 0 Å². The van der Waals surface area contributed by atoms with E-state index in [2.05, 4.69) is 22.4 Å². The van der Waals surface area contributed by atoms with Gasteiger partial charge in [0.1, 0.15) is 17.5 Å². The van der Waals surface area contributed by atoms with Crippen LogP contribution in [-0.4, -0.2) is 21.3 Å². The molecule has 3 rings (SSSR count). The summed E-state index contributed by atoms with van der Waals surface area (Å²) in [5.41, 5.74) is 1.70. The summed E-state index contributed by atoms with van der Waals surface area (Å²) in [4.78, 5) is 0. The number of nitrogens with zero attached hydrogens (tertiary/aromatic N) is 3. The molecule has 1 aliphatic rings. The van der Waals surface area contributed by atoms with Crippen LogP contribution in [0, 0.1) is 12.7 Å². The lowest BCUT2D eigenvalue weighted by molar-refractivity contribution is 0.626. The molecule has 0 saturated carbocycles. The highest BCUT2D eigenvalue weighted by atomic mass is 19.1. The number of benzene rings is 1. The Balaban J connectivity index is 0.00000120. The van der Waals surface area contributed by atoms with Crippen molar-refractivity contribution < 1.29 is 5.82 Å². The maximum atomic E-state index is 13.4. The zero-order valence-electron chi connectivity index (χ0n) is 9.74. The molecule has 4 nitrogen and oxygen atoms in total. The average molecular weight is 234 g/mol. The summed E-state index contributed by atoms with van der Waals surface area (Å²) in [5, 5.41) is 11.6. The van der Waals surface area contributed by atoms with Crippen molar-refractivity contribution in [3.8, 4) is 5.69 Å². The molecule has 90 valence electrons. The molecule has 5 heteroatoms. The largest absolute Gasteiger partial charge is 0.383 e. The van der Waals surface area contributed by atoms with Gasteiger partial charge in [0.25, 0.3) is 0 Å². The molecule has 1 N–H and O–H groups in total. The number of fused-ring (bicyclic) bond motifs is 3. The Morgan fingerprint density at radius 3 is 3.12 bits per heavy atom. The number of aromatic nitrogens is 3. The van der Waals surface area contributed by atoms with Crippen LogP contribution in [0.1, 0.15) is 25.9 Å².